The maximum Gasteiger partial charge on any atom is 0.315 e. The normalized spacial score (nSPS) is 18.6. The number of hydrogen-bond donors (Lipinski definition) is 3. The highest BCUT2D eigenvalue weighted by molar-refractivity contribution is 7.09. The summed E-state index contributed by atoms with van der Waals surface area (Å²) in [7, 11) is 0. The molecule has 6 nitrogen and oxygen atoms in total. The molecule has 1 unspecified atom stereocenters. The van der Waals surface area contributed by atoms with Gasteiger partial charge in [0.2, 0.25) is 5.91 Å². The highest BCUT2D eigenvalue weighted by atomic mass is 32.1. The molecule has 0 bridgehead atoms. The summed E-state index contributed by atoms with van der Waals surface area (Å²) in [5.41, 5.74) is 0.987. The molecule has 2 rings (SSSR count). The van der Waals surface area contributed by atoms with Crippen molar-refractivity contribution in [2.24, 2.45) is 0 Å². The number of nitrogens with zero attached hydrogens (tertiary/aromatic N) is 1. The lowest BCUT2D eigenvalue weighted by atomic mass is 10.3. The van der Waals surface area contributed by atoms with Gasteiger partial charge in [-0.3, -0.25) is 4.79 Å². The Morgan fingerprint density at radius 1 is 1.71 bits per heavy atom. The molecule has 1 aliphatic heterocycles. The van der Waals surface area contributed by atoms with E-state index in [-0.39, 0.29) is 11.9 Å². The summed E-state index contributed by atoms with van der Waals surface area (Å²) in [5, 5.41) is 10.9. The highest BCUT2D eigenvalue weighted by Gasteiger charge is 2.26. The van der Waals surface area contributed by atoms with Gasteiger partial charge in [0.25, 0.3) is 0 Å². The van der Waals surface area contributed by atoms with Gasteiger partial charge in [-0.15, -0.1) is 11.3 Å². The summed E-state index contributed by atoms with van der Waals surface area (Å²) in [5.74, 6) is -0.157. The number of aromatic nitrogens is 1. The van der Waals surface area contributed by atoms with E-state index in [0.29, 0.717) is 19.5 Å². The molecular formula is C10H14N4O2S. The first-order valence-corrected chi connectivity index (χ1v) is 6.26. The second kappa shape index (κ2) is 5.13. The van der Waals surface area contributed by atoms with Gasteiger partial charge in [-0.1, -0.05) is 0 Å². The smallest absolute Gasteiger partial charge is 0.315 e. The summed E-state index contributed by atoms with van der Waals surface area (Å²) in [6.45, 7) is 2.83. The van der Waals surface area contributed by atoms with Crippen molar-refractivity contribution in [1.82, 2.24) is 20.9 Å². The first-order chi connectivity index (χ1) is 8.15. The van der Waals surface area contributed by atoms with E-state index in [1.807, 2.05) is 12.3 Å². The molecular weight excluding hydrogens is 240 g/mol. The van der Waals surface area contributed by atoms with Crippen LogP contribution in [0.2, 0.25) is 0 Å². The SMILES string of the molecule is Cc1nc(CCNC(=O)C2CNC(=O)N2)cs1. The van der Waals surface area contributed by atoms with Gasteiger partial charge < -0.3 is 16.0 Å². The van der Waals surface area contributed by atoms with E-state index < -0.39 is 6.04 Å². The topological polar surface area (TPSA) is 83.1 Å². The first kappa shape index (κ1) is 11.8. The monoisotopic (exact) mass is 254 g/mol. The number of nitrogens with one attached hydrogen (secondary N) is 3. The lowest BCUT2D eigenvalue weighted by Crippen LogP contribution is -2.43. The molecule has 1 fully saturated rings. The van der Waals surface area contributed by atoms with Crippen molar-refractivity contribution in [3.05, 3.63) is 16.1 Å². The minimum Gasteiger partial charge on any atom is -0.354 e. The van der Waals surface area contributed by atoms with Gasteiger partial charge in [0.1, 0.15) is 6.04 Å². The van der Waals surface area contributed by atoms with Crippen LogP contribution in [-0.2, 0) is 11.2 Å². The van der Waals surface area contributed by atoms with Gasteiger partial charge in [0.05, 0.1) is 10.7 Å². The third kappa shape index (κ3) is 3.16. The lowest BCUT2D eigenvalue weighted by molar-refractivity contribution is -0.122. The number of carbonyl (C=O) groups is 2. The fourth-order valence-corrected chi connectivity index (χ4v) is 2.22. The number of rotatable bonds is 4. The van der Waals surface area contributed by atoms with Crippen LogP contribution >= 0.6 is 11.3 Å². The van der Waals surface area contributed by atoms with Gasteiger partial charge in [0.15, 0.2) is 0 Å². The molecule has 1 aromatic heterocycles. The van der Waals surface area contributed by atoms with Gasteiger partial charge in [0, 0.05) is 24.9 Å². The van der Waals surface area contributed by atoms with Gasteiger partial charge in [-0.05, 0) is 6.92 Å². The Balaban J connectivity index is 1.71. The van der Waals surface area contributed by atoms with Gasteiger partial charge in [-0.2, -0.15) is 0 Å². The van der Waals surface area contributed by atoms with Gasteiger partial charge >= 0.3 is 6.03 Å². The molecule has 2 heterocycles. The van der Waals surface area contributed by atoms with Crippen LogP contribution in [-0.4, -0.2) is 36.1 Å². The summed E-state index contributed by atoms with van der Waals surface area (Å²) < 4.78 is 0. The average Bonchev–Trinajstić information content (AvgIpc) is 2.88. The summed E-state index contributed by atoms with van der Waals surface area (Å²) in [6.07, 6.45) is 0.712. The Labute approximate surface area is 103 Å². The van der Waals surface area contributed by atoms with Crippen molar-refractivity contribution >= 4 is 23.3 Å². The van der Waals surface area contributed by atoms with Crippen LogP contribution in [0.15, 0.2) is 5.38 Å². The Bertz CT molecular complexity index is 432. The zero-order valence-corrected chi connectivity index (χ0v) is 10.3. The fraction of sp³-hybridized carbons (Fsp3) is 0.500. The summed E-state index contributed by atoms with van der Waals surface area (Å²) in [4.78, 5) is 26.8. The molecule has 3 amide bonds. The zero-order valence-electron chi connectivity index (χ0n) is 9.45. The lowest BCUT2D eigenvalue weighted by Gasteiger charge is -2.08. The quantitative estimate of drug-likeness (QED) is 0.695. The molecule has 0 spiro atoms. The molecule has 1 saturated heterocycles. The van der Waals surface area contributed by atoms with E-state index in [1.165, 1.54) is 0 Å². The van der Waals surface area contributed by atoms with Gasteiger partial charge in [-0.25, -0.2) is 9.78 Å². The second-order valence-electron chi connectivity index (χ2n) is 3.81. The van der Waals surface area contributed by atoms with E-state index >= 15 is 0 Å². The molecule has 1 aromatic rings. The van der Waals surface area contributed by atoms with E-state index in [9.17, 15) is 9.59 Å². The predicted molar refractivity (Wildman–Crippen MR) is 63.9 cm³/mol. The fourth-order valence-electron chi connectivity index (χ4n) is 1.57. The van der Waals surface area contributed by atoms with Crippen molar-refractivity contribution in [2.45, 2.75) is 19.4 Å². The Hall–Kier alpha value is -1.63. The first-order valence-electron chi connectivity index (χ1n) is 5.38. The molecule has 7 heteroatoms. The molecule has 92 valence electrons. The maximum absolute atomic E-state index is 11.6. The Morgan fingerprint density at radius 2 is 2.53 bits per heavy atom. The minimum atomic E-state index is -0.459. The van der Waals surface area contributed by atoms with Crippen LogP contribution in [0.1, 0.15) is 10.7 Å². The Kier molecular flexibility index (Phi) is 3.58. The average molecular weight is 254 g/mol. The maximum atomic E-state index is 11.6. The van der Waals surface area contributed by atoms with Crippen molar-refractivity contribution in [3.63, 3.8) is 0 Å². The molecule has 0 aliphatic carbocycles. The number of amides is 3. The predicted octanol–water partition coefficient (Wildman–Crippen LogP) is -0.208. The molecule has 0 radical (unpaired) electrons. The van der Waals surface area contributed by atoms with Crippen LogP contribution in [0.5, 0.6) is 0 Å². The zero-order chi connectivity index (χ0) is 12.3. The molecule has 0 aromatic carbocycles. The molecule has 1 atom stereocenters. The third-order valence-electron chi connectivity index (χ3n) is 2.44. The number of aryl methyl sites for hydroxylation is 1. The van der Waals surface area contributed by atoms with Crippen LogP contribution in [0.25, 0.3) is 0 Å². The van der Waals surface area contributed by atoms with Crippen molar-refractivity contribution in [1.29, 1.82) is 0 Å². The number of hydrogen-bond acceptors (Lipinski definition) is 4. The van der Waals surface area contributed by atoms with E-state index in [1.54, 1.807) is 11.3 Å². The van der Waals surface area contributed by atoms with Crippen LogP contribution in [0, 0.1) is 6.92 Å². The Morgan fingerprint density at radius 3 is 3.12 bits per heavy atom. The minimum absolute atomic E-state index is 0.157. The van der Waals surface area contributed by atoms with Crippen LogP contribution in [0.4, 0.5) is 4.79 Å². The van der Waals surface area contributed by atoms with Crippen molar-refractivity contribution in [3.8, 4) is 0 Å². The van der Waals surface area contributed by atoms with Crippen molar-refractivity contribution < 1.29 is 9.59 Å². The van der Waals surface area contributed by atoms with E-state index in [2.05, 4.69) is 20.9 Å². The molecule has 3 N–H and O–H groups in total. The van der Waals surface area contributed by atoms with Crippen LogP contribution < -0.4 is 16.0 Å². The largest absolute Gasteiger partial charge is 0.354 e. The van der Waals surface area contributed by atoms with Crippen molar-refractivity contribution in [2.75, 3.05) is 13.1 Å². The van der Waals surface area contributed by atoms with E-state index in [4.69, 9.17) is 0 Å². The third-order valence-corrected chi connectivity index (χ3v) is 3.26. The summed E-state index contributed by atoms with van der Waals surface area (Å²) in [6, 6.07) is -0.750. The molecule has 17 heavy (non-hydrogen) atoms. The summed E-state index contributed by atoms with van der Waals surface area (Å²) >= 11 is 1.60. The highest BCUT2D eigenvalue weighted by Crippen LogP contribution is 2.07. The standard InChI is InChI=1S/C10H14N4O2S/c1-6-13-7(5-17-6)2-3-11-9(15)8-4-12-10(16)14-8/h5,8H,2-4H2,1H3,(H,11,15)(H2,12,14,16). The molecule has 0 saturated carbocycles. The number of carbonyl (C=O) groups excluding carboxylic acids is 2. The van der Waals surface area contributed by atoms with Crippen LogP contribution in [0.3, 0.4) is 0 Å². The van der Waals surface area contributed by atoms with E-state index in [0.717, 1.165) is 10.7 Å². The number of urea groups is 1. The molecule has 1 aliphatic rings. The number of thiazole rings is 1. The second-order valence-corrected chi connectivity index (χ2v) is 4.87.